The van der Waals surface area contributed by atoms with Crippen LogP contribution < -0.4 is 15.1 Å². The highest BCUT2D eigenvalue weighted by atomic mass is 15.3. The van der Waals surface area contributed by atoms with Crippen molar-refractivity contribution in [2.24, 2.45) is 0 Å². The predicted octanol–water partition coefficient (Wildman–Crippen LogP) is 5.92. The van der Waals surface area contributed by atoms with Gasteiger partial charge in [-0.1, -0.05) is 84.9 Å². The maximum atomic E-state index is 4.89. The lowest BCUT2D eigenvalue weighted by molar-refractivity contribution is 1.26. The van der Waals surface area contributed by atoms with Gasteiger partial charge in [0.15, 0.2) is 0 Å². The van der Waals surface area contributed by atoms with Crippen LogP contribution in [0.2, 0.25) is 0 Å². The van der Waals surface area contributed by atoms with E-state index >= 15 is 0 Å². The minimum atomic E-state index is -0.0327. The second-order valence-corrected chi connectivity index (χ2v) is 7.74. The van der Waals surface area contributed by atoms with E-state index in [1.54, 1.807) is 0 Å². The first kappa shape index (κ1) is 17.8. The average Bonchev–Trinajstić information content (AvgIpc) is 3.20. The molecule has 0 N–H and O–H groups in total. The first-order valence-electron chi connectivity index (χ1n) is 10.5. The van der Waals surface area contributed by atoms with Crippen molar-refractivity contribution in [3.8, 4) is 0 Å². The minimum Gasteiger partial charge on any atom is -0.360 e. The molecule has 0 fully saturated rings. The number of benzene rings is 4. The highest BCUT2D eigenvalue weighted by molar-refractivity contribution is 6.84. The molecule has 0 unspecified atom stereocenters. The summed E-state index contributed by atoms with van der Waals surface area (Å²) in [5.74, 6) is 0.943. The van der Waals surface area contributed by atoms with Crippen LogP contribution in [0.3, 0.4) is 0 Å². The summed E-state index contributed by atoms with van der Waals surface area (Å²) in [5.41, 5.74) is 4.71. The maximum absolute atomic E-state index is 4.89. The molecule has 146 valence electrons. The van der Waals surface area contributed by atoms with E-state index in [1.165, 1.54) is 16.5 Å². The van der Waals surface area contributed by atoms with Gasteiger partial charge in [-0.3, -0.25) is 0 Å². The molecule has 3 nitrogen and oxygen atoms in total. The highest BCUT2D eigenvalue weighted by Crippen LogP contribution is 2.45. The van der Waals surface area contributed by atoms with Gasteiger partial charge in [0, 0.05) is 17.3 Å². The predicted molar refractivity (Wildman–Crippen MR) is 131 cm³/mol. The van der Waals surface area contributed by atoms with Gasteiger partial charge in [-0.25, -0.2) is 4.98 Å². The van der Waals surface area contributed by atoms with Crippen molar-refractivity contribution in [1.29, 1.82) is 0 Å². The zero-order valence-corrected chi connectivity index (χ0v) is 17.0. The van der Waals surface area contributed by atoms with Gasteiger partial charge >= 0.3 is 6.98 Å². The molecule has 0 bridgehead atoms. The number of nitrogens with zero attached hydrogens (tertiary/aromatic N) is 3. The number of aromatic nitrogens is 1. The van der Waals surface area contributed by atoms with Gasteiger partial charge < -0.3 is 9.62 Å². The van der Waals surface area contributed by atoms with Gasteiger partial charge in [0.25, 0.3) is 0 Å². The Labute approximate surface area is 182 Å². The van der Waals surface area contributed by atoms with E-state index in [0.717, 1.165) is 22.6 Å². The third-order valence-corrected chi connectivity index (χ3v) is 5.89. The Morgan fingerprint density at radius 1 is 0.548 bits per heavy atom. The smallest absolute Gasteiger partial charge is 0.360 e. The maximum Gasteiger partial charge on any atom is 0.421 e. The summed E-state index contributed by atoms with van der Waals surface area (Å²) in [6.07, 6.45) is 1.97. The summed E-state index contributed by atoms with van der Waals surface area (Å²) < 4.78 is 0. The first-order valence-corrected chi connectivity index (χ1v) is 10.5. The molecule has 6 rings (SSSR count). The Hall–Kier alpha value is -4.05. The van der Waals surface area contributed by atoms with Crippen LogP contribution in [0.4, 0.5) is 22.9 Å². The summed E-state index contributed by atoms with van der Waals surface area (Å²) in [6, 6.07) is 40.4. The molecular weight excluding hydrogens is 377 g/mol. The number of para-hydroxylation sites is 3. The molecule has 0 amide bonds. The Bertz CT molecular complexity index is 1350. The largest absolute Gasteiger partial charge is 0.421 e. The van der Waals surface area contributed by atoms with Gasteiger partial charge in [0.2, 0.25) is 0 Å². The number of rotatable bonds is 3. The number of anilines is 4. The monoisotopic (exact) mass is 397 g/mol. The lowest BCUT2D eigenvalue weighted by atomic mass is 9.65. The van der Waals surface area contributed by atoms with Crippen molar-refractivity contribution in [2.75, 3.05) is 9.62 Å². The van der Waals surface area contributed by atoms with Crippen LogP contribution in [0.5, 0.6) is 0 Å². The summed E-state index contributed by atoms with van der Waals surface area (Å²) >= 11 is 0. The van der Waals surface area contributed by atoms with Crippen molar-refractivity contribution in [2.45, 2.75) is 0 Å². The zero-order chi connectivity index (χ0) is 20.6. The fraction of sp³-hybridized carbons (Fsp3) is 0. The van der Waals surface area contributed by atoms with Gasteiger partial charge in [0.05, 0.1) is 11.4 Å². The molecule has 0 aliphatic carbocycles. The molecule has 0 radical (unpaired) electrons. The van der Waals surface area contributed by atoms with Gasteiger partial charge in [0.1, 0.15) is 5.82 Å². The van der Waals surface area contributed by atoms with E-state index in [-0.39, 0.29) is 6.98 Å². The van der Waals surface area contributed by atoms with Crippen molar-refractivity contribution in [3.63, 3.8) is 0 Å². The Morgan fingerprint density at radius 2 is 1.13 bits per heavy atom. The molecule has 0 atom stereocenters. The molecular formula is C27H20BN3. The van der Waals surface area contributed by atoms with Crippen LogP contribution >= 0.6 is 0 Å². The fourth-order valence-corrected chi connectivity index (χ4v) is 4.50. The normalized spacial score (nSPS) is 13.0. The van der Waals surface area contributed by atoms with Gasteiger partial charge in [-0.15, -0.1) is 0 Å². The number of fused-ring (bicyclic) bond motifs is 2. The van der Waals surface area contributed by atoms with Crippen molar-refractivity contribution >= 4 is 46.1 Å². The summed E-state index contributed by atoms with van der Waals surface area (Å²) in [7, 11) is 0. The van der Waals surface area contributed by atoms with Crippen molar-refractivity contribution in [3.05, 3.63) is 121 Å². The van der Waals surface area contributed by atoms with Crippen LogP contribution in [0, 0.1) is 0 Å². The van der Waals surface area contributed by atoms with Crippen LogP contribution in [0.1, 0.15) is 0 Å². The second kappa shape index (κ2) is 7.33. The molecule has 1 aliphatic rings. The van der Waals surface area contributed by atoms with E-state index in [9.17, 15) is 0 Å². The molecule has 0 saturated heterocycles. The van der Waals surface area contributed by atoms with Crippen LogP contribution in [0.15, 0.2) is 121 Å². The van der Waals surface area contributed by atoms with E-state index in [4.69, 9.17) is 4.98 Å². The molecule has 31 heavy (non-hydrogen) atoms. The lowest BCUT2D eigenvalue weighted by Crippen LogP contribution is -2.53. The Kier molecular flexibility index (Phi) is 4.21. The summed E-state index contributed by atoms with van der Waals surface area (Å²) in [6.45, 7) is -0.0327. The van der Waals surface area contributed by atoms with Crippen LogP contribution in [-0.4, -0.2) is 12.0 Å². The standard InChI is InChI=1S/C27H20BN3/c1-3-13-23(14-4-1)28-30(24-15-5-2-6-16-24)25-17-9-10-18-26(25)31(28)27-19-21-11-7-8-12-22(21)20-29-27/h1-20H. The highest BCUT2D eigenvalue weighted by Gasteiger charge is 2.43. The number of pyridine rings is 1. The third kappa shape index (κ3) is 2.96. The second-order valence-electron chi connectivity index (χ2n) is 7.74. The molecule has 1 aromatic heterocycles. The number of hydrogen-bond acceptors (Lipinski definition) is 3. The first-order chi connectivity index (χ1) is 15.4. The quantitative estimate of drug-likeness (QED) is 0.352. The van der Waals surface area contributed by atoms with E-state index < -0.39 is 0 Å². The number of hydrogen-bond donors (Lipinski definition) is 0. The fourth-order valence-electron chi connectivity index (χ4n) is 4.50. The summed E-state index contributed by atoms with van der Waals surface area (Å²) in [4.78, 5) is 9.65. The van der Waals surface area contributed by atoms with Crippen LogP contribution in [0.25, 0.3) is 10.8 Å². The van der Waals surface area contributed by atoms with Gasteiger partial charge in [-0.2, -0.15) is 0 Å². The average molecular weight is 397 g/mol. The van der Waals surface area contributed by atoms with Crippen molar-refractivity contribution in [1.82, 2.24) is 4.98 Å². The molecule has 1 aliphatic heterocycles. The van der Waals surface area contributed by atoms with E-state index in [0.29, 0.717) is 0 Å². The van der Waals surface area contributed by atoms with Crippen LogP contribution in [-0.2, 0) is 0 Å². The Morgan fingerprint density at radius 3 is 1.87 bits per heavy atom. The molecule has 4 heteroatoms. The molecule has 5 aromatic rings. The summed E-state index contributed by atoms with van der Waals surface area (Å²) in [5, 5.41) is 2.34. The zero-order valence-electron chi connectivity index (χ0n) is 17.0. The molecule has 2 heterocycles. The third-order valence-electron chi connectivity index (χ3n) is 5.89. The van der Waals surface area contributed by atoms with Gasteiger partial charge in [-0.05, 0) is 41.2 Å². The SMILES string of the molecule is c1ccc(B2N(c3ccccc3)c3ccccc3N2c2cc3ccccc3cn2)cc1. The lowest BCUT2D eigenvalue weighted by Gasteiger charge is -2.29. The molecule has 0 spiro atoms. The minimum absolute atomic E-state index is 0.0327. The van der Waals surface area contributed by atoms with E-state index in [2.05, 4.69) is 125 Å². The van der Waals surface area contributed by atoms with E-state index in [1.807, 2.05) is 6.20 Å². The molecule has 0 saturated carbocycles. The molecule has 4 aromatic carbocycles. The Balaban J connectivity index is 1.61. The van der Waals surface area contributed by atoms with Crippen molar-refractivity contribution < 1.29 is 0 Å². The topological polar surface area (TPSA) is 19.4 Å².